The SMILES string of the molecule is CCN(CCO)C(=O)c1ccc(C)nc1C. The molecule has 16 heavy (non-hydrogen) atoms. The van der Waals surface area contributed by atoms with Gasteiger partial charge >= 0.3 is 0 Å². The van der Waals surface area contributed by atoms with Crippen molar-refractivity contribution in [3.8, 4) is 0 Å². The largest absolute Gasteiger partial charge is 0.395 e. The number of carbonyl (C=O) groups is 1. The zero-order valence-electron chi connectivity index (χ0n) is 10.0. The molecular formula is C12H18N2O2. The quantitative estimate of drug-likeness (QED) is 0.831. The molecule has 1 amide bonds. The summed E-state index contributed by atoms with van der Waals surface area (Å²) in [5.41, 5.74) is 2.25. The third-order valence-electron chi connectivity index (χ3n) is 2.49. The number of amides is 1. The molecule has 0 aliphatic heterocycles. The number of hydrogen-bond donors (Lipinski definition) is 1. The second kappa shape index (κ2) is 5.61. The van der Waals surface area contributed by atoms with E-state index in [2.05, 4.69) is 4.98 Å². The highest BCUT2D eigenvalue weighted by molar-refractivity contribution is 5.95. The van der Waals surface area contributed by atoms with Crippen molar-refractivity contribution in [1.82, 2.24) is 9.88 Å². The van der Waals surface area contributed by atoms with E-state index in [9.17, 15) is 4.79 Å². The van der Waals surface area contributed by atoms with Crippen LogP contribution in [0.2, 0.25) is 0 Å². The zero-order valence-corrected chi connectivity index (χ0v) is 10.0. The molecule has 0 aliphatic carbocycles. The van der Waals surface area contributed by atoms with Crippen LogP contribution in [0.4, 0.5) is 0 Å². The normalized spacial score (nSPS) is 10.2. The Kier molecular flexibility index (Phi) is 4.43. The van der Waals surface area contributed by atoms with Gasteiger partial charge in [-0.3, -0.25) is 9.78 Å². The molecule has 88 valence electrons. The van der Waals surface area contributed by atoms with Gasteiger partial charge in [-0.15, -0.1) is 0 Å². The van der Waals surface area contributed by atoms with Crippen molar-refractivity contribution >= 4 is 5.91 Å². The van der Waals surface area contributed by atoms with Gasteiger partial charge in [0.25, 0.3) is 5.91 Å². The summed E-state index contributed by atoms with van der Waals surface area (Å²) in [5.74, 6) is -0.0680. The molecule has 1 aromatic rings. The number of rotatable bonds is 4. The van der Waals surface area contributed by atoms with Gasteiger partial charge in [0, 0.05) is 18.8 Å². The van der Waals surface area contributed by atoms with Crippen LogP contribution in [-0.4, -0.2) is 40.6 Å². The minimum Gasteiger partial charge on any atom is -0.395 e. The van der Waals surface area contributed by atoms with Gasteiger partial charge in [0.1, 0.15) is 0 Å². The van der Waals surface area contributed by atoms with Gasteiger partial charge in [0.15, 0.2) is 0 Å². The monoisotopic (exact) mass is 222 g/mol. The number of aliphatic hydroxyl groups is 1. The van der Waals surface area contributed by atoms with Crippen molar-refractivity contribution in [2.45, 2.75) is 20.8 Å². The van der Waals surface area contributed by atoms with Crippen LogP contribution in [0.3, 0.4) is 0 Å². The molecule has 4 nitrogen and oxygen atoms in total. The number of hydrogen-bond acceptors (Lipinski definition) is 3. The van der Waals surface area contributed by atoms with Crippen molar-refractivity contribution < 1.29 is 9.90 Å². The Morgan fingerprint density at radius 2 is 2.12 bits per heavy atom. The number of aromatic nitrogens is 1. The third kappa shape index (κ3) is 2.79. The van der Waals surface area contributed by atoms with Crippen molar-refractivity contribution in [3.63, 3.8) is 0 Å². The first-order valence-electron chi connectivity index (χ1n) is 5.44. The summed E-state index contributed by atoms with van der Waals surface area (Å²) in [6.07, 6.45) is 0. The lowest BCUT2D eigenvalue weighted by Gasteiger charge is -2.20. The maximum atomic E-state index is 12.1. The Morgan fingerprint density at radius 3 is 2.62 bits per heavy atom. The van der Waals surface area contributed by atoms with E-state index in [-0.39, 0.29) is 12.5 Å². The zero-order chi connectivity index (χ0) is 12.1. The molecule has 1 N–H and O–H groups in total. The summed E-state index contributed by atoms with van der Waals surface area (Å²) in [6, 6.07) is 3.62. The van der Waals surface area contributed by atoms with E-state index in [0.717, 1.165) is 11.4 Å². The summed E-state index contributed by atoms with van der Waals surface area (Å²) in [7, 11) is 0. The molecule has 0 saturated heterocycles. The average molecular weight is 222 g/mol. The van der Waals surface area contributed by atoms with Gasteiger partial charge in [-0.2, -0.15) is 0 Å². The van der Waals surface area contributed by atoms with Gasteiger partial charge in [0.05, 0.1) is 17.9 Å². The van der Waals surface area contributed by atoms with E-state index < -0.39 is 0 Å². The van der Waals surface area contributed by atoms with Gasteiger partial charge in [0.2, 0.25) is 0 Å². The maximum Gasteiger partial charge on any atom is 0.255 e. The number of nitrogens with zero attached hydrogens (tertiary/aromatic N) is 2. The Balaban J connectivity index is 2.94. The minimum atomic E-state index is -0.0680. The summed E-state index contributed by atoms with van der Waals surface area (Å²) in [6.45, 7) is 6.55. The fraction of sp³-hybridized carbons (Fsp3) is 0.500. The smallest absolute Gasteiger partial charge is 0.255 e. The van der Waals surface area contributed by atoms with Crippen LogP contribution >= 0.6 is 0 Å². The molecule has 0 bridgehead atoms. The molecule has 0 fully saturated rings. The Morgan fingerprint density at radius 1 is 1.44 bits per heavy atom. The van der Waals surface area contributed by atoms with Crippen LogP contribution < -0.4 is 0 Å². The number of aliphatic hydroxyl groups excluding tert-OH is 1. The van der Waals surface area contributed by atoms with Crippen LogP contribution in [0, 0.1) is 13.8 Å². The predicted molar refractivity (Wildman–Crippen MR) is 62.4 cm³/mol. The lowest BCUT2D eigenvalue weighted by molar-refractivity contribution is 0.0730. The molecule has 0 radical (unpaired) electrons. The molecule has 0 aromatic carbocycles. The number of pyridine rings is 1. The molecule has 1 aromatic heterocycles. The summed E-state index contributed by atoms with van der Waals surface area (Å²) in [5, 5.41) is 8.87. The fourth-order valence-electron chi connectivity index (χ4n) is 1.61. The average Bonchev–Trinajstić information content (AvgIpc) is 2.25. The standard InChI is InChI=1S/C12H18N2O2/c1-4-14(7-8-15)12(16)11-6-5-9(2)13-10(11)3/h5-6,15H,4,7-8H2,1-3H3. The van der Waals surface area contributed by atoms with E-state index in [0.29, 0.717) is 18.7 Å². The van der Waals surface area contributed by atoms with Crippen LogP contribution in [0.1, 0.15) is 28.7 Å². The van der Waals surface area contributed by atoms with E-state index in [1.54, 1.807) is 11.0 Å². The van der Waals surface area contributed by atoms with E-state index in [1.807, 2.05) is 26.8 Å². The van der Waals surface area contributed by atoms with Crippen molar-refractivity contribution in [3.05, 3.63) is 29.1 Å². The third-order valence-corrected chi connectivity index (χ3v) is 2.49. The lowest BCUT2D eigenvalue weighted by atomic mass is 10.1. The van der Waals surface area contributed by atoms with Crippen LogP contribution in [-0.2, 0) is 0 Å². The molecule has 4 heteroatoms. The lowest BCUT2D eigenvalue weighted by Crippen LogP contribution is -2.33. The highest BCUT2D eigenvalue weighted by atomic mass is 16.3. The fourth-order valence-corrected chi connectivity index (χ4v) is 1.61. The van der Waals surface area contributed by atoms with Gasteiger partial charge in [-0.05, 0) is 32.9 Å². The number of carbonyl (C=O) groups excluding carboxylic acids is 1. The number of aryl methyl sites for hydroxylation is 2. The Hall–Kier alpha value is -1.42. The highest BCUT2D eigenvalue weighted by Crippen LogP contribution is 2.09. The first-order valence-corrected chi connectivity index (χ1v) is 5.44. The molecule has 1 heterocycles. The first kappa shape index (κ1) is 12.6. The predicted octanol–water partition coefficient (Wildman–Crippen LogP) is 1.15. The molecule has 1 rings (SSSR count). The second-order valence-electron chi connectivity index (χ2n) is 3.69. The summed E-state index contributed by atoms with van der Waals surface area (Å²) < 4.78 is 0. The minimum absolute atomic E-state index is 0.0160. The van der Waals surface area contributed by atoms with Gasteiger partial charge in [-0.25, -0.2) is 0 Å². The number of likely N-dealkylation sites (N-methyl/N-ethyl adjacent to an activating group) is 1. The Bertz CT molecular complexity index is 377. The summed E-state index contributed by atoms with van der Waals surface area (Å²) >= 11 is 0. The molecular weight excluding hydrogens is 204 g/mol. The Labute approximate surface area is 95.9 Å². The van der Waals surface area contributed by atoms with Gasteiger partial charge < -0.3 is 10.0 Å². The van der Waals surface area contributed by atoms with Crippen LogP contribution in [0.25, 0.3) is 0 Å². The van der Waals surface area contributed by atoms with Crippen LogP contribution in [0.5, 0.6) is 0 Å². The van der Waals surface area contributed by atoms with E-state index in [1.165, 1.54) is 0 Å². The van der Waals surface area contributed by atoms with Crippen molar-refractivity contribution in [2.75, 3.05) is 19.7 Å². The highest BCUT2D eigenvalue weighted by Gasteiger charge is 2.16. The molecule has 0 atom stereocenters. The molecule has 0 aliphatic rings. The van der Waals surface area contributed by atoms with Crippen molar-refractivity contribution in [1.29, 1.82) is 0 Å². The van der Waals surface area contributed by atoms with E-state index in [4.69, 9.17) is 5.11 Å². The maximum absolute atomic E-state index is 12.1. The molecule has 0 unspecified atom stereocenters. The summed E-state index contributed by atoms with van der Waals surface area (Å²) in [4.78, 5) is 17.9. The first-order chi connectivity index (χ1) is 7.60. The second-order valence-corrected chi connectivity index (χ2v) is 3.69. The van der Waals surface area contributed by atoms with Crippen LogP contribution in [0.15, 0.2) is 12.1 Å². The van der Waals surface area contributed by atoms with Crippen molar-refractivity contribution in [2.24, 2.45) is 0 Å². The van der Waals surface area contributed by atoms with E-state index >= 15 is 0 Å². The molecule has 0 saturated carbocycles. The topological polar surface area (TPSA) is 53.4 Å². The van der Waals surface area contributed by atoms with Gasteiger partial charge in [-0.1, -0.05) is 0 Å². The molecule has 0 spiro atoms.